The second-order valence-corrected chi connectivity index (χ2v) is 10.1. The van der Waals surface area contributed by atoms with Gasteiger partial charge in [0.05, 0.1) is 28.7 Å². The van der Waals surface area contributed by atoms with Crippen LogP contribution in [0.5, 0.6) is 0 Å². The molecule has 1 aromatic carbocycles. The van der Waals surface area contributed by atoms with Crippen molar-refractivity contribution in [3.05, 3.63) is 66.1 Å². The highest BCUT2D eigenvalue weighted by Gasteiger charge is 2.29. The van der Waals surface area contributed by atoms with Gasteiger partial charge >= 0.3 is 0 Å². The van der Waals surface area contributed by atoms with Crippen LogP contribution in [0.3, 0.4) is 0 Å². The Hall–Kier alpha value is -3.71. The van der Waals surface area contributed by atoms with Crippen molar-refractivity contribution in [1.82, 2.24) is 14.8 Å². The van der Waals surface area contributed by atoms with Crippen LogP contribution in [-0.4, -0.2) is 29.1 Å². The zero-order chi connectivity index (χ0) is 23.4. The van der Waals surface area contributed by atoms with Crippen molar-refractivity contribution in [2.24, 2.45) is 11.7 Å². The first-order valence-corrected chi connectivity index (χ1v) is 12.3. The van der Waals surface area contributed by atoms with Gasteiger partial charge in [0, 0.05) is 24.3 Å². The van der Waals surface area contributed by atoms with Gasteiger partial charge in [0.1, 0.15) is 5.56 Å². The molecule has 2 aromatic heterocycles. The molecule has 0 saturated heterocycles. The molecule has 33 heavy (non-hydrogen) atoms. The summed E-state index contributed by atoms with van der Waals surface area (Å²) in [6.07, 6.45) is 8.29. The maximum absolute atomic E-state index is 12.7. The maximum atomic E-state index is 12.7. The summed E-state index contributed by atoms with van der Waals surface area (Å²) in [6, 6.07) is 11.8. The maximum Gasteiger partial charge on any atom is 0.254 e. The van der Waals surface area contributed by atoms with E-state index < -0.39 is 15.7 Å². The van der Waals surface area contributed by atoms with Crippen molar-refractivity contribution < 1.29 is 13.2 Å². The quantitative estimate of drug-likeness (QED) is 0.545. The van der Waals surface area contributed by atoms with E-state index in [0.717, 1.165) is 25.7 Å². The fourth-order valence-corrected chi connectivity index (χ4v) is 5.43. The molecule has 1 aliphatic rings. The van der Waals surface area contributed by atoms with Crippen LogP contribution in [0.25, 0.3) is 0 Å². The third-order valence-electron chi connectivity index (χ3n) is 5.81. The largest absolute Gasteiger partial charge is 0.365 e. The van der Waals surface area contributed by atoms with E-state index in [2.05, 4.69) is 21.5 Å². The van der Waals surface area contributed by atoms with Crippen LogP contribution < -0.4 is 11.1 Å². The third kappa shape index (κ3) is 5.04. The minimum Gasteiger partial charge on any atom is -0.365 e. The highest BCUT2D eigenvalue weighted by atomic mass is 32.2. The molecule has 0 radical (unpaired) electrons. The summed E-state index contributed by atoms with van der Waals surface area (Å²) < 4.78 is 27.1. The molecule has 0 unspecified atom stereocenters. The standard InChI is InChI=1S/C23H24N6O3S/c24-13-17-3-1-2-4-21(17)29-14-20(22(25)30)23(28-29)27-18-5-7-19(8-6-18)33(31,32)15-16-9-11-26-12-10-16/h5-12,14,17,21H,1-4,15H2,(H2,25,30)(H,27,28)/t17-,21+/m1/s1. The number of nitriles is 1. The molecule has 3 aromatic rings. The highest BCUT2D eigenvalue weighted by molar-refractivity contribution is 7.90. The van der Waals surface area contributed by atoms with Crippen LogP contribution in [0.4, 0.5) is 11.5 Å². The lowest BCUT2D eigenvalue weighted by atomic mass is 9.85. The molecule has 2 heterocycles. The zero-order valence-electron chi connectivity index (χ0n) is 17.9. The number of sulfone groups is 1. The molecule has 3 N–H and O–H groups in total. The Morgan fingerprint density at radius 3 is 2.52 bits per heavy atom. The second kappa shape index (κ2) is 9.42. The Morgan fingerprint density at radius 2 is 1.85 bits per heavy atom. The lowest BCUT2D eigenvalue weighted by molar-refractivity contribution is 0.100. The van der Waals surface area contributed by atoms with E-state index in [1.165, 1.54) is 12.1 Å². The number of nitrogens with two attached hydrogens (primary N) is 1. The zero-order valence-corrected chi connectivity index (χ0v) is 18.7. The molecule has 0 bridgehead atoms. The normalized spacial score (nSPS) is 18.4. The molecule has 1 saturated carbocycles. The van der Waals surface area contributed by atoms with Gasteiger partial charge in [-0.05, 0) is 54.8 Å². The Bertz CT molecular complexity index is 1280. The Labute approximate surface area is 192 Å². The average Bonchev–Trinajstić information content (AvgIpc) is 3.23. The molecule has 2 atom stereocenters. The summed E-state index contributed by atoms with van der Waals surface area (Å²) in [5, 5.41) is 17.0. The van der Waals surface area contributed by atoms with Crippen molar-refractivity contribution in [2.45, 2.75) is 42.4 Å². The van der Waals surface area contributed by atoms with Gasteiger partial charge in [0.25, 0.3) is 5.91 Å². The molecule has 10 heteroatoms. The number of benzene rings is 1. The van der Waals surface area contributed by atoms with Crippen LogP contribution in [0, 0.1) is 17.2 Å². The Balaban J connectivity index is 1.55. The summed E-state index contributed by atoms with van der Waals surface area (Å²) in [4.78, 5) is 16.1. The van der Waals surface area contributed by atoms with Crippen molar-refractivity contribution in [2.75, 3.05) is 5.32 Å². The van der Waals surface area contributed by atoms with Gasteiger partial charge in [0.15, 0.2) is 15.7 Å². The topological polar surface area (TPSA) is 144 Å². The number of pyridine rings is 1. The van der Waals surface area contributed by atoms with Gasteiger partial charge in [-0.3, -0.25) is 14.5 Å². The predicted octanol–water partition coefficient (Wildman–Crippen LogP) is 3.35. The summed E-state index contributed by atoms with van der Waals surface area (Å²) >= 11 is 0. The number of primary amides is 1. The van der Waals surface area contributed by atoms with Crippen LogP contribution in [0.1, 0.15) is 47.6 Å². The van der Waals surface area contributed by atoms with Crippen molar-refractivity contribution in [1.29, 1.82) is 5.26 Å². The monoisotopic (exact) mass is 464 g/mol. The Morgan fingerprint density at radius 1 is 1.15 bits per heavy atom. The first kappa shape index (κ1) is 22.5. The molecule has 4 rings (SSSR count). The third-order valence-corrected chi connectivity index (χ3v) is 7.52. The molecule has 1 amide bonds. The highest BCUT2D eigenvalue weighted by Crippen LogP contribution is 2.34. The van der Waals surface area contributed by atoms with Crippen molar-refractivity contribution in [3.8, 4) is 6.07 Å². The number of amides is 1. The van der Waals surface area contributed by atoms with E-state index in [1.54, 1.807) is 47.5 Å². The van der Waals surface area contributed by atoms with E-state index in [1.807, 2.05) is 0 Å². The number of rotatable bonds is 7. The molecule has 9 nitrogen and oxygen atoms in total. The Kier molecular flexibility index (Phi) is 6.42. The van der Waals surface area contributed by atoms with Crippen LogP contribution in [0.15, 0.2) is 59.9 Å². The molecule has 0 spiro atoms. The van der Waals surface area contributed by atoms with E-state index in [0.29, 0.717) is 11.3 Å². The van der Waals surface area contributed by atoms with Gasteiger partial charge in [-0.2, -0.15) is 10.4 Å². The van der Waals surface area contributed by atoms with Gasteiger partial charge in [-0.15, -0.1) is 0 Å². The number of carbonyl (C=O) groups excluding carboxylic acids is 1. The van der Waals surface area contributed by atoms with Crippen molar-refractivity contribution >= 4 is 27.2 Å². The van der Waals surface area contributed by atoms with Crippen LogP contribution in [0.2, 0.25) is 0 Å². The smallest absolute Gasteiger partial charge is 0.254 e. The molecule has 1 fully saturated rings. The van der Waals surface area contributed by atoms with Crippen molar-refractivity contribution in [3.63, 3.8) is 0 Å². The van der Waals surface area contributed by atoms with E-state index in [9.17, 15) is 18.5 Å². The molecule has 170 valence electrons. The SMILES string of the molecule is N#C[C@H]1CCCC[C@@H]1n1cc(C(N)=O)c(Nc2ccc(S(=O)(=O)Cc3ccncc3)cc2)n1. The first-order valence-electron chi connectivity index (χ1n) is 10.6. The number of nitrogens with zero attached hydrogens (tertiary/aromatic N) is 4. The number of aromatic nitrogens is 3. The summed E-state index contributed by atoms with van der Waals surface area (Å²) in [5.41, 5.74) is 6.98. The fraction of sp³-hybridized carbons (Fsp3) is 0.304. The number of hydrogen-bond donors (Lipinski definition) is 2. The number of carbonyl (C=O) groups is 1. The number of anilines is 2. The van der Waals surface area contributed by atoms with E-state index >= 15 is 0 Å². The molecule has 1 aliphatic carbocycles. The minimum atomic E-state index is -3.52. The van der Waals surface area contributed by atoms with Gasteiger partial charge in [-0.1, -0.05) is 12.8 Å². The summed E-state index contributed by atoms with van der Waals surface area (Å²) in [6.45, 7) is 0. The van der Waals surface area contributed by atoms with Gasteiger partial charge < -0.3 is 11.1 Å². The van der Waals surface area contributed by atoms with Crippen LogP contribution >= 0.6 is 0 Å². The fourth-order valence-electron chi connectivity index (χ4n) is 4.08. The summed E-state index contributed by atoms with van der Waals surface area (Å²) in [5.74, 6) is -0.654. The van der Waals surface area contributed by atoms with Gasteiger partial charge in [0.2, 0.25) is 0 Å². The number of nitrogens with one attached hydrogen (secondary N) is 1. The summed E-state index contributed by atoms with van der Waals surface area (Å²) in [7, 11) is -3.52. The molecular formula is C23H24N6O3S. The average molecular weight is 465 g/mol. The second-order valence-electron chi connectivity index (χ2n) is 8.09. The minimum absolute atomic E-state index is 0.113. The number of hydrogen-bond acceptors (Lipinski definition) is 7. The van der Waals surface area contributed by atoms with E-state index in [-0.39, 0.29) is 34.0 Å². The van der Waals surface area contributed by atoms with Crippen LogP contribution in [-0.2, 0) is 15.6 Å². The lowest BCUT2D eigenvalue weighted by Gasteiger charge is -2.26. The van der Waals surface area contributed by atoms with Gasteiger partial charge in [-0.25, -0.2) is 8.42 Å². The molecule has 0 aliphatic heterocycles. The predicted molar refractivity (Wildman–Crippen MR) is 122 cm³/mol. The first-order chi connectivity index (χ1) is 15.9. The molecular weight excluding hydrogens is 440 g/mol. The lowest BCUT2D eigenvalue weighted by Crippen LogP contribution is -2.22. The van der Waals surface area contributed by atoms with E-state index in [4.69, 9.17) is 5.73 Å².